The summed E-state index contributed by atoms with van der Waals surface area (Å²) in [5.41, 5.74) is 16.0. The van der Waals surface area contributed by atoms with E-state index in [1.54, 1.807) is 39.0 Å². The zero-order valence-electron chi connectivity index (χ0n) is 30.7. The minimum atomic E-state index is 0.317. The highest BCUT2D eigenvalue weighted by Gasteiger charge is 2.49. The zero-order valence-corrected chi connectivity index (χ0v) is 30.7. The van der Waals surface area contributed by atoms with E-state index in [1.165, 1.54) is 73.8 Å². The first kappa shape index (κ1) is 31.4. The minimum absolute atomic E-state index is 0.317. The van der Waals surface area contributed by atoms with Crippen LogP contribution in [0.25, 0.3) is 12.2 Å². The molecule has 1 aliphatic heterocycles. The summed E-state index contributed by atoms with van der Waals surface area (Å²) in [6.45, 7) is 2.39. The lowest BCUT2D eigenvalue weighted by atomic mass is 9.54. The fourth-order valence-electron chi connectivity index (χ4n) is 12.4. The van der Waals surface area contributed by atoms with E-state index in [4.69, 9.17) is 4.74 Å². The molecule has 1 nitrogen and oxygen atoms in total. The third-order valence-electron chi connectivity index (χ3n) is 14.8. The van der Waals surface area contributed by atoms with Gasteiger partial charge in [0, 0.05) is 30.1 Å². The maximum atomic E-state index is 6.74. The molecule has 0 spiro atoms. The van der Waals surface area contributed by atoms with E-state index >= 15 is 0 Å². The number of benzene rings is 2. The second-order valence-electron chi connectivity index (χ2n) is 17.6. The molecule has 0 saturated heterocycles. The maximum absolute atomic E-state index is 6.74. The van der Waals surface area contributed by atoms with E-state index in [0.29, 0.717) is 59.4 Å². The Morgan fingerprint density at radius 1 is 0.712 bits per heavy atom. The summed E-state index contributed by atoms with van der Waals surface area (Å²) >= 11 is 0. The van der Waals surface area contributed by atoms with E-state index in [9.17, 15) is 0 Å². The predicted molar refractivity (Wildman–Crippen MR) is 214 cm³/mol. The number of fused-ring (bicyclic) bond motifs is 7. The third-order valence-corrected chi connectivity index (χ3v) is 14.8. The summed E-state index contributed by atoms with van der Waals surface area (Å²) in [5.74, 6) is 6.15. The molecule has 0 amide bonds. The first-order chi connectivity index (χ1) is 25.7. The summed E-state index contributed by atoms with van der Waals surface area (Å²) in [5, 5.41) is 0. The summed E-state index contributed by atoms with van der Waals surface area (Å²) in [6.07, 6.45) is 42.2. The summed E-state index contributed by atoms with van der Waals surface area (Å²) in [4.78, 5) is 0. The van der Waals surface area contributed by atoms with Crippen molar-refractivity contribution >= 4 is 12.2 Å². The van der Waals surface area contributed by atoms with Gasteiger partial charge in [0.2, 0.25) is 0 Å². The molecule has 11 rings (SSSR count). The van der Waals surface area contributed by atoms with Crippen LogP contribution >= 0.6 is 0 Å². The standard InChI is InChI=1S/C51H52O/c1-31-14-15-34-21-25-48-51(44(34)26-31)46-30-38(22-24-47(46)52-48)37-20-23-43-45(29-37)50(40-19-17-33-9-3-5-11-36(33)28-40)42-13-7-6-12-41(42)49(43)39-18-16-32-8-2-4-10-35(32)27-39/h2-3,5,7-9,11,13-16,18,20-23,25,27-28,31,34,37,43-47,49-50H,4,6,10,12,17,19,24,26,29-30H2,1H3. The van der Waals surface area contributed by atoms with Crippen molar-refractivity contribution in [2.24, 2.45) is 47.3 Å². The fraction of sp³-hybridized carbons (Fsp3) is 0.412. The molecular formula is C51H52O. The van der Waals surface area contributed by atoms with Crippen LogP contribution in [0.15, 0.2) is 137 Å². The van der Waals surface area contributed by atoms with Gasteiger partial charge in [-0.1, -0.05) is 133 Å². The molecule has 1 heterocycles. The molecule has 1 heteroatoms. The van der Waals surface area contributed by atoms with Crippen LogP contribution in [-0.2, 0) is 17.6 Å². The number of hydrogen-bond acceptors (Lipinski definition) is 1. The van der Waals surface area contributed by atoms with Gasteiger partial charge in [-0.3, -0.25) is 0 Å². The van der Waals surface area contributed by atoms with Crippen LogP contribution in [0.4, 0.5) is 0 Å². The molecular weight excluding hydrogens is 629 g/mol. The van der Waals surface area contributed by atoms with E-state index in [1.807, 2.05) is 0 Å². The van der Waals surface area contributed by atoms with Gasteiger partial charge in [-0.25, -0.2) is 0 Å². The van der Waals surface area contributed by atoms with Gasteiger partial charge in [0.25, 0.3) is 0 Å². The van der Waals surface area contributed by atoms with Gasteiger partial charge < -0.3 is 4.74 Å². The lowest BCUT2D eigenvalue weighted by Crippen LogP contribution is -2.40. The topological polar surface area (TPSA) is 9.23 Å². The van der Waals surface area contributed by atoms with E-state index in [2.05, 4.69) is 122 Å². The largest absolute Gasteiger partial charge is 0.490 e. The van der Waals surface area contributed by atoms with Crippen LogP contribution in [-0.4, -0.2) is 6.10 Å². The molecule has 0 bridgehead atoms. The monoisotopic (exact) mass is 680 g/mol. The highest BCUT2D eigenvalue weighted by atomic mass is 16.5. The average Bonchev–Trinajstić information content (AvgIpc) is 3.58. The van der Waals surface area contributed by atoms with Crippen LogP contribution in [0.5, 0.6) is 0 Å². The molecule has 262 valence electrons. The van der Waals surface area contributed by atoms with Crippen molar-refractivity contribution in [3.63, 3.8) is 0 Å². The zero-order chi connectivity index (χ0) is 34.3. The molecule has 52 heavy (non-hydrogen) atoms. The van der Waals surface area contributed by atoms with Crippen LogP contribution in [0.1, 0.15) is 92.0 Å². The molecule has 0 fully saturated rings. The van der Waals surface area contributed by atoms with Crippen molar-refractivity contribution in [3.8, 4) is 0 Å². The van der Waals surface area contributed by atoms with Crippen LogP contribution in [0, 0.1) is 47.3 Å². The molecule has 0 saturated carbocycles. The molecule has 0 aromatic heterocycles. The van der Waals surface area contributed by atoms with Gasteiger partial charge in [0.1, 0.15) is 11.9 Å². The Hall–Kier alpha value is -4.10. The smallest absolute Gasteiger partial charge is 0.119 e. The van der Waals surface area contributed by atoms with Crippen molar-refractivity contribution in [1.82, 2.24) is 0 Å². The molecule has 10 atom stereocenters. The molecule has 2 aromatic rings. The van der Waals surface area contributed by atoms with Crippen molar-refractivity contribution in [3.05, 3.63) is 165 Å². The number of allylic oxidation sites excluding steroid dienone is 13. The molecule has 0 radical (unpaired) electrons. The van der Waals surface area contributed by atoms with Gasteiger partial charge in [-0.2, -0.15) is 0 Å². The number of rotatable bonds is 3. The third kappa shape index (κ3) is 5.08. The molecule has 2 aromatic carbocycles. The SMILES string of the molecule is CC1C=CC2C=CC3=C(C2C1)C1CC(C2C=CC4C(c5ccc6c(c5)CCC=C6)C5=C(C=CCC5)C(C5=Cc6ccccc6CC5)C4C2)=CCC1O3. The minimum Gasteiger partial charge on any atom is -0.490 e. The number of aryl methyl sites for hydroxylation is 2. The highest BCUT2D eigenvalue weighted by molar-refractivity contribution is 5.63. The van der Waals surface area contributed by atoms with Crippen molar-refractivity contribution in [2.45, 2.75) is 83.2 Å². The summed E-state index contributed by atoms with van der Waals surface area (Å²) in [7, 11) is 0. The predicted octanol–water partition coefficient (Wildman–Crippen LogP) is 12.2. The first-order valence-electron chi connectivity index (χ1n) is 20.8. The van der Waals surface area contributed by atoms with Crippen molar-refractivity contribution < 1.29 is 4.74 Å². The fourth-order valence-corrected chi connectivity index (χ4v) is 12.4. The van der Waals surface area contributed by atoms with Gasteiger partial charge in [-0.15, -0.1) is 0 Å². The summed E-state index contributed by atoms with van der Waals surface area (Å²) in [6, 6.07) is 16.7. The number of ether oxygens (including phenoxy) is 1. The van der Waals surface area contributed by atoms with Crippen LogP contribution in [0.3, 0.4) is 0 Å². The van der Waals surface area contributed by atoms with Gasteiger partial charge in [0.15, 0.2) is 0 Å². The average molecular weight is 681 g/mol. The molecule has 8 aliphatic carbocycles. The lowest BCUT2D eigenvalue weighted by Gasteiger charge is -2.50. The Morgan fingerprint density at radius 3 is 2.62 bits per heavy atom. The second-order valence-corrected chi connectivity index (χ2v) is 17.6. The Kier molecular flexibility index (Phi) is 7.56. The molecule has 9 aliphatic rings. The van der Waals surface area contributed by atoms with Gasteiger partial charge in [0.05, 0.1) is 0 Å². The lowest BCUT2D eigenvalue weighted by molar-refractivity contribution is 0.113. The second kappa shape index (κ2) is 12.5. The van der Waals surface area contributed by atoms with Gasteiger partial charge in [-0.05, 0) is 132 Å². The van der Waals surface area contributed by atoms with Crippen molar-refractivity contribution in [2.75, 3.05) is 0 Å². The number of hydrogen-bond donors (Lipinski definition) is 0. The van der Waals surface area contributed by atoms with E-state index in [-0.39, 0.29) is 0 Å². The van der Waals surface area contributed by atoms with E-state index < -0.39 is 0 Å². The van der Waals surface area contributed by atoms with Crippen LogP contribution in [0.2, 0.25) is 0 Å². The molecule has 10 unspecified atom stereocenters. The van der Waals surface area contributed by atoms with E-state index in [0.717, 1.165) is 12.8 Å². The summed E-state index contributed by atoms with van der Waals surface area (Å²) < 4.78 is 6.74. The Labute approximate surface area is 311 Å². The molecule has 0 N–H and O–H groups in total. The Balaban J connectivity index is 0.979. The Bertz CT molecular complexity index is 2100. The van der Waals surface area contributed by atoms with Gasteiger partial charge >= 0.3 is 0 Å². The highest BCUT2D eigenvalue weighted by Crippen LogP contribution is 2.59. The van der Waals surface area contributed by atoms with Crippen LogP contribution < -0.4 is 0 Å². The first-order valence-corrected chi connectivity index (χ1v) is 20.8. The van der Waals surface area contributed by atoms with Crippen molar-refractivity contribution in [1.29, 1.82) is 0 Å². The maximum Gasteiger partial charge on any atom is 0.119 e. The normalized spacial score (nSPS) is 36.4. The quantitative estimate of drug-likeness (QED) is 0.293. The Morgan fingerprint density at radius 2 is 1.63 bits per heavy atom.